The van der Waals surface area contributed by atoms with E-state index >= 15 is 0 Å². The summed E-state index contributed by atoms with van der Waals surface area (Å²) in [4.78, 5) is 40.1. The van der Waals surface area contributed by atoms with Gasteiger partial charge in [0.15, 0.2) is 0 Å². The van der Waals surface area contributed by atoms with Crippen LogP contribution in [0.15, 0.2) is 47.3 Å². The Bertz CT molecular complexity index is 1040. The molecule has 2 N–H and O–H groups in total. The lowest BCUT2D eigenvalue weighted by Gasteiger charge is -2.43. The number of piperidine rings is 1. The quantitative estimate of drug-likeness (QED) is 0.755. The van der Waals surface area contributed by atoms with Gasteiger partial charge in [-0.3, -0.25) is 9.59 Å². The van der Waals surface area contributed by atoms with Gasteiger partial charge in [-0.05, 0) is 48.4 Å². The van der Waals surface area contributed by atoms with Crippen molar-refractivity contribution in [3.63, 3.8) is 0 Å². The lowest BCUT2D eigenvalue weighted by atomic mass is 9.83. The van der Waals surface area contributed by atoms with Crippen molar-refractivity contribution in [2.45, 2.75) is 52.1 Å². The molecule has 0 spiro atoms. The smallest absolute Gasteiger partial charge is 0.318 e. The van der Waals surface area contributed by atoms with Gasteiger partial charge in [-0.2, -0.15) is 0 Å². The summed E-state index contributed by atoms with van der Waals surface area (Å²) in [5, 5.41) is 5.89. The van der Waals surface area contributed by atoms with E-state index in [4.69, 9.17) is 0 Å². The van der Waals surface area contributed by atoms with E-state index in [1.807, 2.05) is 48.7 Å². The largest absolute Gasteiger partial charge is 0.326 e. The second kappa shape index (κ2) is 9.18. The molecule has 2 bridgehead atoms. The highest BCUT2D eigenvalue weighted by Gasteiger charge is 2.37. The molecule has 2 aromatic rings. The summed E-state index contributed by atoms with van der Waals surface area (Å²) in [6, 6.07) is 12.3. The number of aryl methyl sites for hydroxylation is 1. The highest BCUT2D eigenvalue weighted by atomic mass is 16.2. The molecule has 7 nitrogen and oxygen atoms in total. The molecule has 3 atom stereocenters. The molecule has 7 heteroatoms. The van der Waals surface area contributed by atoms with Gasteiger partial charge in [0.2, 0.25) is 5.91 Å². The van der Waals surface area contributed by atoms with Gasteiger partial charge < -0.3 is 20.1 Å². The monoisotopic (exact) mass is 436 g/mol. The number of fused-ring (bicyclic) bond motifs is 4. The van der Waals surface area contributed by atoms with Crippen molar-refractivity contribution in [1.82, 2.24) is 14.8 Å². The molecule has 1 aromatic carbocycles. The molecule has 0 saturated carbocycles. The first-order valence-corrected chi connectivity index (χ1v) is 11.5. The zero-order valence-electron chi connectivity index (χ0n) is 19.0. The molecule has 0 aliphatic carbocycles. The Balaban J connectivity index is 1.43. The van der Waals surface area contributed by atoms with Crippen molar-refractivity contribution < 1.29 is 9.59 Å². The number of benzene rings is 1. The van der Waals surface area contributed by atoms with Crippen LogP contribution in [0.5, 0.6) is 0 Å². The summed E-state index contributed by atoms with van der Waals surface area (Å²) in [5.41, 5.74) is 2.95. The predicted molar refractivity (Wildman–Crippen MR) is 125 cm³/mol. The summed E-state index contributed by atoms with van der Waals surface area (Å²) < 4.78 is 1.85. The molecule has 1 saturated heterocycles. The van der Waals surface area contributed by atoms with Crippen molar-refractivity contribution in [3.05, 3.63) is 64.1 Å². The van der Waals surface area contributed by atoms with Gasteiger partial charge in [0.1, 0.15) is 6.04 Å². The predicted octanol–water partition coefficient (Wildman–Crippen LogP) is 3.20. The third kappa shape index (κ3) is 4.56. The number of pyridine rings is 1. The highest BCUT2D eigenvalue weighted by molar-refractivity contribution is 5.97. The summed E-state index contributed by atoms with van der Waals surface area (Å²) >= 11 is 0. The molecule has 1 aromatic heterocycles. The minimum atomic E-state index is -0.634. The Hall–Kier alpha value is -3.09. The first-order valence-electron chi connectivity index (χ1n) is 11.5. The van der Waals surface area contributed by atoms with E-state index in [2.05, 4.69) is 17.6 Å². The van der Waals surface area contributed by atoms with E-state index in [0.29, 0.717) is 19.6 Å². The van der Waals surface area contributed by atoms with Crippen LogP contribution < -0.4 is 16.2 Å². The number of aromatic nitrogens is 1. The zero-order valence-corrected chi connectivity index (χ0v) is 19.0. The lowest BCUT2D eigenvalue weighted by Crippen LogP contribution is -2.56. The van der Waals surface area contributed by atoms with Gasteiger partial charge in [0.25, 0.3) is 5.56 Å². The van der Waals surface area contributed by atoms with Crippen molar-refractivity contribution >= 4 is 17.6 Å². The standard InChI is InChI=1S/C25H32N4O3/c1-4-17-8-10-20(11-9-17)26-24(31)23(16(2)3)27-25(32)28-13-18-12-19(15-28)21-6-5-7-22(30)29(21)14-18/h5-11,16,18-19,23H,4,12-15H2,1-3H3,(H,26,31)(H,27,32)/t18-,19-,23-/m0/s1. The maximum absolute atomic E-state index is 13.1. The van der Waals surface area contributed by atoms with Gasteiger partial charge in [-0.15, -0.1) is 0 Å². The Morgan fingerprint density at radius 3 is 2.50 bits per heavy atom. The Morgan fingerprint density at radius 2 is 1.81 bits per heavy atom. The molecule has 170 valence electrons. The molecular formula is C25H32N4O3. The number of amides is 3. The third-order valence-electron chi connectivity index (χ3n) is 6.62. The second-order valence-electron chi connectivity index (χ2n) is 9.31. The summed E-state index contributed by atoms with van der Waals surface area (Å²) in [7, 11) is 0. The number of likely N-dealkylation sites (tertiary alicyclic amines) is 1. The number of carbonyl (C=O) groups excluding carboxylic acids is 2. The molecule has 0 unspecified atom stereocenters. The minimum Gasteiger partial charge on any atom is -0.326 e. The number of nitrogens with one attached hydrogen (secondary N) is 2. The molecule has 0 radical (unpaired) electrons. The van der Waals surface area contributed by atoms with E-state index in [1.54, 1.807) is 17.0 Å². The highest BCUT2D eigenvalue weighted by Crippen LogP contribution is 2.34. The fourth-order valence-corrected chi connectivity index (χ4v) is 4.87. The molecule has 32 heavy (non-hydrogen) atoms. The number of carbonyl (C=O) groups is 2. The van der Waals surface area contributed by atoms with Gasteiger partial charge in [0, 0.05) is 43.0 Å². The van der Waals surface area contributed by atoms with Crippen LogP contribution in [0.25, 0.3) is 0 Å². The van der Waals surface area contributed by atoms with Crippen LogP contribution in [0.3, 0.4) is 0 Å². The van der Waals surface area contributed by atoms with Crippen LogP contribution >= 0.6 is 0 Å². The van der Waals surface area contributed by atoms with E-state index in [0.717, 1.165) is 24.2 Å². The second-order valence-corrected chi connectivity index (χ2v) is 9.31. The van der Waals surface area contributed by atoms with E-state index in [9.17, 15) is 14.4 Å². The fraction of sp³-hybridized carbons (Fsp3) is 0.480. The van der Waals surface area contributed by atoms with Crippen molar-refractivity contribution in [1.29, 1.82) is 0 Å². The molecule has 3 heterocycles. The Kier molecular flexibility index (Phi) is 6.35. The summed E-state index contributed by atoms with van der Waals surface area (Å²) in [6.45, 7) is 7.72. The minimum absolute atomic E-state index is 0.0265. The van der Waals surface area contributed by atoms with Gasteiger partial charge in [-0.25, -0.2) is 4.79 Å². The normalized spacial score (nSPS) is 20.4. The van der Waals surface area contributed by atoms with Crippen LogP contribution in [-0.2, 0) is 17.8 Å². The first kappa shape index (κ1) is 22.1. The van der Waals surface area contributed by atoms with Crippen LogP contribution in [-0.4, -0.2) is 40.5 Å². The van der Waals surface area contributed by atoms with Crippen LogP contribution in [0.2, 0.25) is 0 Å². The van der Waals surface area contributed by atoms with Crippen molar-refractivity contribution in [2.75, 3.05) is 18.4 Å². The van der Waals surface area contributed by atoms with Crippen molar-refractivity contribution in [2.24, 2.45) is 11.8 Å². The Labute approximate surface area is 188 Å². The number of urea groups is 1. The topological polar surface area (TPSA) is 83.4 Å². The van der Waals surface area contributed by atoms with Crippen molar-refractivity contribution in [3.8, 4) is 0 Å². The third-order valence-corrected chi connectivity index (χ3v) is 6.62. The van der Waals surface area contributed by atoms with E-state index in [-0.39, 0.29) is 35.3 Å². The van der Waals surface area contributed by atoms with E-state index < -0.39 is 6.04 Å². The summed E-state index contributed by atoms with van der Waals surface area (Å²) in [6.07, 6.45) is 1.92. The average molecular weight is 437 g/mol. The van der Waals surface area contributed by atoms with Crippen LogP contribution in [0.4, 0.5) is 10.5 Å². The fourth-order valence-electron chi connectivity index (χ4n) is 4.87. The number of rotatable bonds is 5. The van der Waals surface area contributed by atoms with Gasteiger partial charge in [-0.1, -0.05) is 39.0 Å². The number of anilines is 1. The maximum atomic E-state index is 13.1. The van der Waals surface area contributed by atoms with Gasteiger partial charge >= 0.3 is 6.03 Å². The molecule has 4 rings (SSSR count). The lowest BCUT2D eigenvalue weighted by molar-refractivity contribution is -0.118. The first-order chi connectivity index (χ1) is 15.4. The summed E-state index contributed by atoms with van der Waals surface area (Å²) in [5.74, 6) is 0.116. The van der Waals surface area contributed by atoms with Crippen LogP contribution in [0.1, 0.15) is 44.4 Å². The Morgan fingerprint density at radius 1 is 1.06 bits per heavy atom. The maximum Gasteiger partial charge on any atom is 0.318 e. The number of hydrogen-bond acceptors (Lipinski definition) is 3. The SMILES string of the molecule is CCc1ccc(NC(=O)[C@@H](NC(=O)N2C[C@@H]3C[C@@H](C2)c2cccc(=O)n2C3)C(C)C)cc1. The average Bonchev–Trinajstić information content (AvgIpc) is 2.78. The number of nitrogens with zero attached hydrogens (tertiary/aromatic N) is 2. The molecular weight excluding hydrogens is 404 g/mol. The molecule has 2 aliphatic rings. The van der Waals surface area contributed by atoms with Crippen LogP contribution in [0, 0.1) is 11.8 Å². The molecule has 3 amide bonds. The number of hydrogen-bond donors (Lipinski definition) is 2. The van der Waals surface area contributed by atoms with Gasteiger partial charge in [0.05, 0.1) is 0 Å². The van der Waals surface area contributed by atoms with E-state index in [1.165, 1.54) is 5.56 Å². The zero-order chi connectivity index (χ0) is 22.8. The molecule has 2 aliphatic heterocycles. The molecule has 1 fully saturated rings.